The predicted molar refractivity (Wildman–Crippen MR) is 117 cm³/mol. The number of hydrogen-bond donors (Lipinski definition) is 1. The number of rotatable bonds is 8. The molecule has 0 amide bonds. The summed E-state index contributed by atoms with van der Waals surface area (Å²) in [6, 6.07) is 11.6. The molecule has 0 fully saturated rings. The summed E-state index contributed by atoms with van der Waals surface area (Å²) in [7, 11) is 1.52. The zero-order valence-corrected chi connectivity index (χ0v) is 17.2. The maximum absolute atomic E-state index is 5.87. The number of aromatic nitrogens is 5. The fraction of sp³-hybridized carbons (Fsp3) is 0.182. The van der Waals surface area contributed by atoms with Gasteiger partial charge in [0.15, 0.2) is 11.5 Å². The van der Waals surface area contributed by atoms with Crippen molar-refractivity contribution in [2.24, 2.45) is 5.16 Å². The van der Waals surface area contributed by atoms with Gasteiger partial charge in [-0.05, 0) is 37.1 Å². The Morgan fingerprint density at radius 1 is 0.968 bits per heavy atom. The highest BCUT2D eigenvalue weighted by atomic mass is 16.6. The van der Waals surface area contributed by atoms with Crippen LogP contribution in [0.3, 0.4) is 0 Å². The van der Waals surface area contributed by atoms with E-state index in [9.17, 15) is 0 Å². The first-order chi connectivity index (χ1) is 15.2. The Hall–Kier alpha value is -4.14. The highest BCUT2D eigenvalue weighted by molar-refractivity contribution is 5.98. The molecule has 0 unspecified atom stereocenters. The number of benzene rings is 1. The molecule has 156 valence electrons. The van der Waals surface area contributed by atoms with E-state index in [2.05, 4.69) is 35.4 Å². The summed E-state index contributed by atoms with van der Waals surface area (Å²) >= 11 is 0. The van der Waals surface area contributed by atoms with Crippen molar-refractivity contribution in [3.05, 3.63) is 72.4 Å². The first-order valence-corrected chi connectivity index (χ1v) is 9.69. The van der Waals surface area contributed by atoms with Gasteiger partial charge in [0.25, 0.3) is 0 Å². The van der Waals surface area contributed by atoms with E-state index in [1.165, 1.54) is 13.4 Å². The van der Waals surface area contributed by atoms with Crippen LogP contribution in [-0.4, -0.2) is 44.3 Å². The Kier molecular flexibility index (Phi) is 6.22. The molecule has 0 bridgehead atoms. The highest BCUT2D eigenvalue weighted by Gasteiger charge is 2.06. The third kappa shape index (κ3) is 5.08. The molecule has 4 rings (SSSR count). The van der Waals surface area contributed by atoms with Crippen LogP contribution in [0, 0.1) is 0 Å². The summed E-state index contributed by atoms with van der Waals surface area (Å²) in [6.45, 7) is 2.56. The summed E-state index contributed by atoms with van der Waals surface area (Å²) in [4.78, 5) is 25.9. The van der Waals surface area contributed by atoms with Gasteiger partial charge in [-0.25, -0.2) is 24.9 Å². The number of nitrogens with one attached hydrogen (secondary N) is 1. The molecule has 0 saturated carbocycles. The molecule has 3 heterocycles. The predicted octanol–water partition coefficient (Wildman–Crippen LogP) is 3.63. The van der Waals surface area contributed by atoms with Crippen LogP contribution >= 0.6 is 0 Å². The van der Waals surface area contributed by atoms with Crippen LogP contribution in [0.1, 0.15) is 18.1 Å². The van der Waals surface area contributed by atoms with Crippen LogP contribution in [0.4, 0.5) is 5.82 Å². The van der Waals surface area contributed by atoms with Gasteiger partial charge in [-0.15, -0.1) is 0 Å². The Morgan fingerprint density at radius 3 is 2.65 bits per heavy atom. The fourth-order valence-electron chi connectivity index (χ4n) is 2.97. The van der Waals surface area contributed by atoms with Crippen molar-refractivity contribution >= 4 is 22.7 Å². The Labute approximate surface area is 179 Å². The molecule has 0 aliphatic carbocycles. The molecule has 1 aromatic carbocycles. The van der Waals surface area contributed by atoms with E-state index in [1.807, 2.05) is 43.3 Å². The van der Waals surface area contributed by atoms with Gasteiger partial charge in [-0.3, -0.25) is 0 Å². The van der Waals surface area contributed by atoms with Gasteiger partial charge in [0, 0.05) is 36.8 Å². The van der Waals surface area contributed by atoms with Gasteiger partial charge in [-0.2, -0.15) is 0 Å². The fourth-order valence-corrected chi connectivity index (χ4v) is 2.97. The molecule has 9 heteroatoms. The molecule has 0 spiro atoms. The third-order valence-electron chi connectivity index (χ3n) is 4.50. The van der Waals surface area contributed by atoms with Crippen LogP contribution in [0.25, 0.3) is 11.2 Å². The average Bonchev–Trinajstić information content (AvgIpc) is 2.81. The molecular formula is C22H21N7O2. The summed E-state index contributed by atoms with van der Waals surface area (Å²) in [6.07, 6.45) is 7.22. The number of anilines is 1. The van der Waals surface area contributed by atoms with Gasteiger partial charge in [0.05, 0.1) is 5.71 Å². The number of hydrogen-bond acceptors (Lipinski definition) is 9. The van der Waals surface area contributed by atoms with Crippen LogP contribution in [0.5, 0.6) is 11.6 Å². The van der Waals surface area contributed by atoms with E-state index in [0.717, 1.165) is 23.3 Å². The maximum Gasteiger partial charge on any atom is 0.219 e. The molecule has 0 aliphatic heterocycles. The number of fused-ring (bicyclic) bond motifs is 1. The first kappa shape index (κ1) is 20.1. The number of nitrogens with zero attached hydrogens (tertiary/aromatic N) is 6. The second kappa shape index (κ2) is 9.57. The van der Waals surface area contributed by atoms with Crippen LogP contribution in [-0.2, 0) is 11.3 Å². The quantitative estimate of drug-likeness (QED) is 0.343. The topological polar surface area (TPSA) is 107 Å². The molecule has 1 N–H and O–H groups in total. The van der Waals surface area contributed by atoms with E-state index >= 15 is 0 Å². The average molecular weight is 415 g/mol. The smallest absolute Gasteiger partial charge is 0.219 e. The molecular weight excluding hydrogens is 394 g/mol. The van der Waals surface area contributed by atoms with E-state index < -0.39 is 0 Å². The van der Waals surface area contributed by atoms with Crippen LogP contribution in [0.15, 0.2) is 66.5 Å². The standard InChI is InChI=1S/C22H21N7O2/c1-15(29-30-2)17-8-10-23-19(13-17)31-18-5-3-16(4-6-18)7-9-25-21-20-22(28-14-27-21)26-12-11-24-20/h3-6,8,10-14H,7,9H2,1-2H3,(H,25,26,27,28)/b29-15-. The molecule has 4 aromatic rings. The Bertz CT molecular complexity index is 1190. The van der Waals surface area contributed by atoms with Crippen molar-refractivity contribution in [3.8, 4) is 11.6 Å². The maximum atomic E-state index is 5.87. The molecule has 0 aliphatic rings. The molecule has 0 atom stereocenters. The number of ether oxygens (including phenoxy) is 1. The summed E-state index contributed by atoms with van der Waals surface area (Å²) in [5.74, 6) is 1.88. The largest absolute Gasteiger partial charge is 0.439 e. The van der Waals surface area contributed by atoms with Crippen molar-refractivity contribution < 1.29 is 9.57 Å². The molecule has 0 radical (unpaired) electrons. The monoisotopic (exact) mass is 415 g/mol. The van der Waals surface area contributed by atoms with Crippen LogP contribution in [0.2, 0.25) is 0 Å². The van der Waals surface area contributed by atoms with Crippen molar-refractivity contribution in [2.75, 3.05) is 19.0 Å². The lowest BCUT2D eigenvalue weighted by Gasteiger charge is -2.09. The van der Waals surface area contributed by atoms with Gasteiger partial charge in [0.2, 0.25) is 5.88 Å². The lowest BCUT2D eigenvalue weighted by molar-refractivity contribution is 0.213. The summed E-state index contributed by atoms with van der Waals surface area (Å²) < 4.78 is 5.87. The summed E-state index contributed by atoms with van der Waals surface area (Å²) in [5, 5.41) is 7.24. The molecule has 9 nitrogen and oxygen atoms in total. The molecule has 31 heavy (non-hydrogen) atoms. The lowest BCUT2D eigenvalue weighted by Crippen LogP contribution is -2.08. The van der Waals surface area contributed by atoms with Crippen molar-refractivity contribution in [1.29, 1.82) is 0 Å². The summed E-state index contributed by atoms with van der Waals surface area (Å²) in [5.41, 5.74) is 4.03. The van der Waals surface area contributed by atoms with E-state index in [-0.39, 0.29) is 0 Å². The van der Waals surface area contributed by atoms with Gasteiger partial charge in [-0.1, -0.05) is 17.3 Å². The minimum Gasteiger partial charge on any atom is -0.439 e. The van der Waals surface area contributed by atoms with E-state index in [4.69, 9.17) is 9.57 Å². The molecule has 3 aromatic heterocycles. The Balaban J connectivity index is 1.35. The number of oxime groups is 1. The van der Waals surface area contributed by atoms with Crippen molar-refractivity contribution in [3.63, 3.8) is 0 Å². The zero-order valence-electron chi connectivity index (χ0n) is 17.2. The minimum atomic E-state index is 0.495. The first-order valence-electron chi connectivity index (χ1n) is 9.69. The second-order valence-corrected chi connectivity index (χ2v) is 6.62. The van der Waals surface area contributed by atoms with E-state index in [1.54, 1.807) is 18.6 Å². The van der Waals surface area contributed by atoms with Gasteiger partial charge >= 0.3 is 0 Å². The van der Waals surface area contributed by atoms with Crippen LogP contribution < -0.4 is 10.1 Å². The van der Waals surface area contributed by atoms with Gasteiger partial charge in [0.1, 0.15) is 24.7 Å². The lowest BCUT2D eigenvalue weighted by atomic mass is 10.1. The van der Waals surface area contributed by atoms with Gasteiger partial charge < -0.3 is 14.9 Å². The third-order valence-corrected chi connectivity index (χ3v) is 4.50. The Morgan fingerprint density at radius 2 is 1.81 bits per heavy atom. The SMILES string of the molecule is CO/N=C(/C)c1ccnc(Oc2ccc(CCNc3ncnc4nccnc34)cc2)c1. The van der Waals surface area contributed by atoms with E-state index in [0.29, 0.717) is 35.2 Å². The van der Waals surface area contributed by atoms with Crippen molar-refractivity contribution in [1.82, 2.24) is 24.9 Å². The second-order valence-electron chi connectivity index (χ2n) is 6.62. The highest BCUT2D eigenvalue weighted by Crippen LogP contribution is 2.21. The normalized spacial score (nSPS) is 11.4. The number of pyridine rings is 1. The zero-order chi connectivity index (χ0) is 21.5. The molecule has 0 saturated heterocycles. The van der Waals surface area contributed by atoms with Crippen molar-refractivity contribution in [2.45, 2.75) is 13.3 Å². The minimum absolute atomic E-state index is 0.495.